The van der Waals surface area contributed by atoms with E-state index in [0.29, 0.717) is 11.8 Å². The van der Waals surface area contributed by atoms with Gasteiger partial charge in [-0.25, -0.2) is 4.98 Å². The predicted molar refractivity (Wildman–Crippen MR) is 72.9 cm³/mol. The third-order valence-corrected chi connectivity index (χ3v) is 3.42. The van der Waals surface area contributed by atoms with Crippen molar-refractivity contribution in [2.45, 2.75) is 25.7 Å². The average Bonchev–Trinajstić information content (AvgIpc) is 3.32. The van der Waals surface area contributed by atoms with Gasteiger partial charge in [0.2, 0.25) is 5.88 Å². The van der Waals surface area contributed by atoms with Gasteiger partial charge in [0.05, 0.1) is 25.5 Å². The normalized spacial score (nSPS) is 14.2. The highest BCUT2D eigenvalue weighted by Gasteiger charge is 2.27. The fourth-order valence-corrected chi connectivity index (χ4v) is 2.19. The quantitative estimate of drug-likeness (QED) is 0.849. The third kappa shape index (κ3) is 2.29. The van der Waals surface area contributed by atoms with Crippen LogP contribution in [0.15, 0.2) is 12.3 Å². The zero-order valence-electron chi connectivity index (χ0n) is 11.8. The van der Waals surface area contributed by atoms with E-state index in [1.165, 1.54) is 25.5 Å². The van der Waals surface area contributed by atoms with Crippen molar-refractivity contribution in [3.8, 4) is 23.1 Å². The van der Waals surface area contributed by atoms with E-state index in [9.17, 15) is 0 Å². The molecular weight excluding hydrogens is 256 g/mol. The lowest BCUT2D eigenvalue weighted by Crippen LogP contribution is -2.01. The van der Waals surface area contributed by atoms with Crippen molar-refractivity contribution in [1.29, 1.82) is 0 Å². The molecule has 0 radical (unpaired) electrons. The first-order chi connectivity index (χ1) is 9.72. The number of aryl methyl sites for hydroxylation is 1. The number of ether oxygens (including phenoxy) is 2. The molecule has 0 N–H and O–H groups in total. The topological polar surface area (TPSA) is 70.0 Å². The molecule has 2 aromatic rings. The summed E-state index contributed by atoms with van der Waals surface area (Å²) in [6.45, 7) is 1.99. The van der Waals surface area contributed by atoms with Gasteiger partial charge in [0, 0.05) is 6.20 Å². The fourth-order valence-electron chi connectivity index (χ4n) is 2.19. The van der Waals surface area contributed by atoms with Gasteiger partial charge in [0.1, 0.15) is 5.69 Å². The minimum absolute atomic E-state index is 0.271. The van der Waals surface area contributed by atoms with Crippen molar-refractivity contribution < 1.29 is 9.47 Å². The number of hydrogen-bond acceptors (Lipinski definition) is 6. The molecule has 0 atom stereocenters. The fraction of sp³-hybridized carbons (Fsp3) is 0.429. The van der Waals surface area contributed by atoms with E-state index in [0.717, 1.165) is 17.0 Å². The molecule has 0 bridgehead atoms. The molecule has 0 spiro atoms. The van der Waals surface area contributed by atoms with Crippen LogP contribution in [-0.4, -0.2) is 34.4 Å². The van der Waals surface area contributed by atoms with Crippen LogP contribution in [0.5, 0.6) is 11.9 Å². The first-order valence-electron chi connectivity index (χ1n) is 6.52. The van der Waals surface area contributed by atoms with Crippen LogP contribution in [-0.2, 0) is 0 Å². The summed E-state index contributed by atoms with van der Waals surface area (Å²) in [5, 5.41) is 8.47. The Kier molecular flexibility index (Phi) is 3.22. The van der Waals surface area contributed by atoms with Gasteiger partial charge in [-0.05, 0) is 37.3 Å². The Morgan fingerprint density at radius 3 is 2.60 bits per heavy atom. The molecule has 3 rings (SSSR count). The number of hydrogen-bond donors (Lipinski definition) is 0. The van der Waals surface area contributed by atoms with Crippen molar-refractivity contribution in [3.05, 3.63) is 23.5 Å². The highest BCUT2D eigenvalue weighted by molar-refractivity contribution is 5.64. The lowest BCUT2D eigenvalue weighted by Gasteiger charge is -2.09. The van der Waals surface area contributed by atoms with Gasteiger partial charge in [-0.2, -0.15) is 10.1 Å². The van der Waals surface area contributed by atoms with Crippen molar-refractivity contribution >= 4 is 0 Å². The predicted octanol–water partition coefficient (Wildman–Crippen LogP) is 2.14. The molecule has 2 heterocycles. The van der Waals surface area contributed by atoms with Crippen LogP contribution in [0.1, 0.15) is 30.0 Å². The number of methoxy groups -OCH3 is 2. The Balaban J connectivity index is 2.06. The molecule has 1 aliphatic rings. The lowest BCUT2D eigenvalue weighted by atomic mass is 10.1. The SMILES string of the molecule is COc1ncc(-c2cc(C3CC3)c(C)nn2)c(OC)n1. The molecule has 20 heavy (non-hydrogen) atoms. The summed E-state index contributed by atoms with van der Waals surface area (Å²) < 4.78 is 10.3. The van der Waals surface area contributed by atoms with E-state index in [1.54, 1.807) is 13.3 Å². The summed E-state index contributed by atoms with van der Waals surface area (Å²) in [7, 11) is 3.08. The van der Waals surface area contributed by atoms with Gasteiger partial charge in [-0.3, -0.25) is 0 Å². The van der Waals surface area contributed by atoms with Crippen LogP contribution in [0.2, 0.25) is 0 Å². The zero-order chi connectivity index (χ0) is 14.1. The van der Waals surface area contributed by atoms with E-state index in [4.69, 9.17) is 9.47 Å². The molecule has 6 nitrogen and oxygen atoms in total. The zero-order valence-corrected chi connectivity index (χ0v) is 11.8. The second-order valence-electron chi connectivity index (χ2n) is 4.82. The molecule has 0 aromatic carbocycles. The number of rotatable bonds is 4. The second-order valence-corrected chi connectivity index (χ2v) is 4.82. The van der Waals surface area contributed by atoms with E-state index >= 15 is 0 Å². The summed E-state index contributed by atoms with van der Waals surface area (Å²) >= 11 is 0. The molecule has 6 heteroatoms. The van der Waals surface area contributed by atoms with E-state index in [2.05, 4.69) is 26.2 Å². The monoisotopic (exact) mass is 272 g/mol. The first kappa shape index (κ1) is 12.8. The summed E-state index contributed by atoms with van der Waals surface area (Å²) in [5.41, 5.74) is 3.71. The Morgan fingerprint density at radius 2 is 1.95 bits per heavy atom. The van der Waals surface area contributed by atoms with Gasteiger partial charge in [0.15, 0.2) is 0 Å². The summed E-state index contributed by atoms with van der Waals surface area (Å²) in [6, 6.07) is 2.33. The van der Waals surface area contributed by atoms with Crippen molar-refractivity contribution in [1.82, 2.24) is 20.2 Å². The van der Waals surface area contributed by atoms with E-state index in [1.807, 2.05) is 6.92 Å². The van der Waals surface area contributed by atoms with Crippen molar-refractivity contribution in [2.24, 2.45) is 0 Å². The number of nitrogens with zero attached hydrogens (tertiary/aromatic N) is 4. The van der Waals surface area contributed by atoms with Crippen LogP contribution >= 0.6 is 0 Å². The summed E-state index contributed by atoms with van der Waals surface area (Å²) in [5.74, 6) is 1.06. The molecule has 1 saturated carbocycles. The Labute approximate surface area is 117 Å². The first-order valence-corrected chi connectivity index (χ1v) is 6.52. The minimum Gasteiger partial charge on any atom is -0.480 e. The Bertz CT molecular complexity index is 641. The standard InChI is InChI=1S/C14H16N4O2/c1-8-10(9-4-5-9)6-12(18-17-8)11-7-15-14(20-3)16-13(11)19-2/h6-7,9H,4-5H2,1-3H3. The average molecular weight is 272 g/mol. The Hall–Kier alpha value is -2.24. The van der Waals surface area contributed by atoms with Gasteiger partial charge < -0.3 is 9.47 Å². The molecule has 0 saturated heterocycles. The molecule has 104 valence electrons. The third-order valence-electron chi connectivity index (χ3n) is 3.42. The Morgan fingerprint density at radius 1 is 1.15 bits per heavy atom. The molecule has 1 fully saturated rings. The van der Waals surface area contributed by atoms with E-state index < -0.39 is 0 Å². The van der Waals surface area contributed by atoms with Gasteiger partial charge in [0.25, 0.3) is 0 Å². The maximum atomic E-state index is 5.29. The molecule has 2 aromatic heterocycles. The lowest BCUT2D eigenvalue weighted by molar-refractivity contribution is 0.353. The highest BCUT2D eigenvalue weighted by atomic mass is 16.5. The van der Waals surface area contributed by atoms with E-state index in [-0.39, 0.29) is 6.01 Å². The summed E-state index contributed by atoms with van der Waals surface area (Å²) in [4.78, 5) is 8.29. The summed E-state index contributed by atoms with van der Waals surface area (Å²) in [6.07, 6.45) is 4.10. The molecule has 0 amide bonds. The molecule has 0 aliphatic heterocycles. The van der Waals surface area contributed by atoms with Crippen molar-refractivity contribution in [3.63, 3.8) is 0 Å². The van der Waals surface area contributed by atoms with Crippen molar-refractivity contribution in [2.75, 3.05) is 14.2 Å². The van der Waals surface area contributed by atoms with Crippen LogP contribution in [0, 0.1) is 6.92 Å². The van der Waals surface area contributed by atoms with Gasteiger partial charge in [-0.15, -0.1) is 5.10 Å². The maximum Gasteiger partial charge on any atom is 0.319 e. The van der Waals surface area contributed by atoms with Gasteiger partial charge >= 0.3 is 6.01 Å². The van der Waals surface area contributed by atoms with Crippen LogP contribution in [0.3, 0.4) is 0 Å². The smallest absolute Gasteiger partial charge is 0.319 e. The minimum atomic E-state index is 0.271. The van der Waals surface area contributed by atoms with Gasteiger partial charge in [-0.1, -0.05) is 0 Å². The number of aromatic nitrogens is 4. The maximum absolute atomic E-state index is 5.29. The largest absolute Gasteiger partial charge is 0.480 e. The van der Waals surface area contributed by atoms with Crippen LogP contribution < -0.4 is 9.47 Å². The molecule has 1 aliphatic carbocycles. The second kappa shape index (κ2) is 5.03. The van der Waals surface area contributed by atoms with Crippen LogP contribution in [0.25, 0.3) is 11.3 Å². The molecular formula is C14H16N4O2. The van der Waals surface area contributed by atoms with Crippen LogP contribution in [0.4, 0.5) is 0 Å². The molecule has 0 unspecified atom stereocenters. The highest BCUT2D eigenvalue weighted by Crippen LogP contribution is 2.42.